The van der Waals surface area contributed by atoms with Crippen LogP contribution in [0, 0.1) is 6.92 Å². The van der Waals surface area contributed by atoms with E-state index >= 15 is 0 Å². The third-order valence-corrected chi connectivity index (χ3v) is 7.48. The van der Waals surface area contributed by atoms with Crippen molar-refractivity contribution in [3.05, 3.63) is 103 Å². The predicted octanol–water partition coefficient (Wildman–Crippen LogP) is 7.17. The summed E-state index contributed by atoms with van der Waals surface area (Å²) in [5.41, 5.74) is 4.47. The van der Waals surface area contributed by atoms with Crippen LogP contribution in [0.5, 0.6) is 11.5 Å². The van der Waals surface area contributed by atoms with Gasteiger partial charge >= 0.3 is 0 Å². The zero-order valence-electron chi connectivity index (χ0n) is 21.3. The molecule has 1 atom stereocenters. The molecule has 0 fully saturated rings. The summed E-state index contributed by atoms with van der Waals surface area (Å²) in [6, 6.07) is 16.0. The maximum Gasteiger partial charge on any atom is 0.255 e. The predicted molar refractivity (Wildman–Crippen MR) is 156 cm³/mol. The minimum atomic E-state index is -0.584. The molecule has 8 nitrogen and oxygen atoms in total. The van der Waals surface area contributed by atoms with Crippen molar-refractivity contribution < 1.29 is 14.3 Å². The number of anilines is 2. The van der Waals surface area contributed by atoms with Gasteiger partial charge in [-0.25, -0.2) is 4.68 Å². The average Bonchev–Trinajstić information content (AvgIpc) is 3.37. The molecule has 200 valence electrons. The monoisotopic (exact) mass is 627 g/mol. The molecule has 2 N–H and O–H groups in total. The van der Waals surface area contributed by atoms with Gasteiger partial charge in [0.1, 0.15) is 19.0 Å². The normalized spacial score (nSPS) is 14.5. The van der Waals surface area contributed by atoms with E-state index in [-0.39, 0.29) is 12.5 Å². The van der Waals surface area contributed by atoms with Crippen LogP contribution in [0.15, 0.2) is 76.7 Å². The summed E-state index contributed by atoms with van der Waals surface area (Å²) in [5, 5.41) is 11.7. The topological polar surface area (TPSA) is 90.3 Å². The molecule has 5 rings (SSSR count). The Balaban J connectivity index is 1.50. The van der Waals surface area contributed by atoms with Crippen molar-refractivity contribution in [3.63, 3.8) is 0 Å². The largest absolute Gasteiger partial charge is 0.493 e. The fourth-order valence-electron chi connectivity index (χ4n) is 4.35. The van der Waals surface area contributed by atoms with Crippen molar-refractivity contribution in [3.8, 4) is 11.5 Å². The van der Waals surface area contributed by atoms with Crippen LogP contribution in [-0.2, 0) is 11.4 Å². The average molecular weight is 629 g/mol. The highest BCUT2D eigenvalue weighted by Crippen LogP contribution is 2.43. The number of allylic oxidation sites excluding steroid dienone is 1. The summed E-state index contributed by atoms with van der Waals surface area (Å²) in [6.07, 6.45) is 1.45. The summed E-state index contributed by atoms with van der Waals surface area (Å²) in [7, 11) is 1.56. The highest BCUT2D eigenvalue weighted by molar-refractivity contribution is 9.10. The molecule has 1 amide bonds. The quantitative estimate of drug-likeness (QED) is 0.225. The Kier molecular flexibility index (Phi) is 7.83. The maximum absolute atomic E-state index is 13.6. The van der Waals surface area contributed by atoms with E-state index in [4.69, 9.17) is 32.7 Å². The summed E-state index contributed by atoms with van der Waals surface area (Å²) in [4.78, 5) is 18.0. The molecule has 1 aliphatic heterocycles. The first-order valence-corrected chi connectivity index (χ1v) is 13.5. The molecular weight excluding hydrogens is 605 g/mol. The minimum absolute atomic E-state index is 0.202. The number of ether oxygens (including phenoxy) is 2. The molecule has 3 aromatic carbocycles. The maximum atomic E-state index is 13.6. The van der Waals surface area contributed by atoms with Crippen LogP contribution in [-0.4, -0.2) is 27.8 Å². The zero-order valence-corrected chi connectivity index (χ0v) is 24.4. The third-order valence-electron chi connectivity index (χ3n) is 6.30. The van der Waals surface area contributed by atoms with Crippen molar-refractivity contribution in [2.75, 3.05) is 17.7 Å². The van der Waals surface area contributed by atoms with Gasteiger partial charge in [0, 0.05) is 27.0 Å². The fourth-order valence-corrected chi connectivity index (χ4v) is 5.39. The number of hydrogen-bond donors (Lipinski definition) is 2. The van der Waals surface area contributed by atoms with E-state index in [1.54, 1.807) is 23.9 Å². The van der Waals surface area contributed by atoms with E-state index in [2.05, 4.69) is 36.6 Å². The lowest BCUT2D eigenvalue weighted by atomic mass is 9.94. The Morgan fingerprint density at radius 2 is 1.90 bits per heavy atom. The van der Waals surface area contributed by atoms with E-state index < -0.39 is 6.04 Å². The second-order valence-corrected chi connectivity index (χ2v) is 10.7. The zero-order chi connectivity index (χ0) is 27.7. The Hall–Kier alpha value is -3.53. The van der Waals surface area contributed by atoms with E-state index in [0.717, 1.165) is 16.7 Å². The van der Waals surface area contributed by atoms with Crippen molar-refractivity contribution in [1.82, 2.24) is 14.8 Å². The second kappa shape index (κ2) is 11.3. The van der Waals surface area contributed by atoms with Gasteiger partial charge in [-0.1, -0.05) is 47.0 Å². The van der Waals surface area contributed by atoms with Gasteiger partial charge in [0.2, 0.25) is 5.95 Å². The van der Waals surface area contributed by atoms with E-state index in [0.29, 0.717) is 48.9 Å². The summed E-state index contributed by atoms with van der Waals surface area (Å²) in [5.74, 6) is 1.23. The first-order valence-electron chi connectivity index (χ1n) is 11.9. The molecule has 0 bridgehead atoms. The number of fused-ring (bicyclic) bond motifs is 1. The number of carbonyl (C=O) groups is 1. The number of hydrogen-bond acceptors (Lipinski definition) is 6. The van der Waals surface area contributed by atoms with Gasteiger partial charge in [0.25, 0.3) is 5.91 Å². The molecule has 11 heteroatoms. The molecule has 39 heavy (non-hydrogen) atoms. The highest BCUT2D eigenvalue weighted by atomic mass is 79.9. The number of aromatic nitrogens is 3. The Morgan fingerprint density at radius 1 is 1.13 bits per heavy atom. The number of nitrogens with zero attached hydrogens (tertiary/aromatic N) is 3. The number of methoxy groups -OCH3 is 1. The number of carbonyl (C=O) groups excluding carboxylic acids is 1. The van der Waals surface area contributed by atoms with Crippen LogP contribution in [0.1, 0.15) is 29.7 Å². The minimum Gasteiger partial charge on any atom is -0.493 e. The molecule has 0 spiro atoms. The SMILES string of the molecule is COc1cc(C2C(C(=O)Nc3ccc(C)cc3)=C(C)Nc3ncnn32)cc(Br)c1OCc1ccc(Cl)cc1Cl. The lowest BCUT2D eigenvalue weighted by Crippen LogP contribution is -2.31. The van der Waals surface area contributed by atoms with Gasteiger partial charge < -0.3 is 20.1 Å². The van der Waals surface area contributed by atoms with Gasteiger partial charge in [-0.15, -0.1) is 0 Å². The van der Waals surface area contributed by atoms with Crippen molar-refractivity contribution >= 4 is 56.7 Å². The van der Waals surface area contributed by atoms with E-state index in [1.165, 1.54) is 6.33 Å². The first kappa shape index (κ1) is 27.1. The summed E-state index contributed by atoms with van der Waals surface area (Å²) >= 11 is 16.0. The Morgan fingerprint density at radius 3 is 2.62 bits per heavy atom. The molecule has 0 saturated heterocycles. The molecule has 2 heterocycles. The number of benzene rings is 3. The lowest BCUT2D eigenvalue weighted by Gasteiger charge is -2.29. The van der Waals surface area contributed by atoms with E-state index in [9.17, 15) is 4.79 Å². The van der Waals surface area contributed by atoms with Crippen LogP contribution in [0.4, 0.5) is 11.6 Å². The molecule has 1 aromatic heterocycles. The fraction of sp³-hybridized carbons (Fsp3) is 0.179. The summed E-state index contributed by atoms with van der Waals surface area (Å²) in [6.45, 7) is 4.04. The van der Waals surface area contributed by atoms with E-state index in [1.807, 2.05) is 56.3 Å². The third kappa shape index (κ3) is 5.61. The van der Waals surface area contributed by atoms with Crippen LogP contribution in [0.25, 0.3) is 0 Å². The van der Waals surface area contributed by atoms with Crippen LogP contribution in [0.3, 0.4) is 0 Å². The number of halogens is 3. The van der Waals surface area contributed by atoms with Crippen LogP contribution >= 0.6 is 39.1 Å². The molecule has 1 unspecified atom stereocenters. The molecule has 0 saturated carbocycles. The van der Waals surface area contributed by atoms with Crippen LogP contribution < -0.4 is 20.1 Å². The molecule has 4 aromatic rings. The highest BCUT2D eigenvalue weighted by Gasteiger charge is 2.34. The standard InChI is InChI=1S/C28H24BrCl2N5O3/c1-15-4-8-20(9-5-15)35-27(37)24-16(2)34-28-32-14-33-36(28)25(24)18-10-21(29)26(23(11-18)38-3)39-13-17-6-7-19(30)12-22(17)31/h4-12,14,25H,13H2,1-3H3,(H,35,37)(H,32,33,34). The first-order chi connectivity index (χ1) is 18.7. The molecule has 1 aliphatic rings. The van der Waals surface area contributed by atoms with Gasteiger partial charge in [-0.2, -0.15) is 10.1 Å². The van der Waals surface area contributed by atoms with Crippen molar-refractivity contribution in [1.29, 1.82) is 0 Å². The molecule has 0 radical (unpaired) electrons. The van der Waals surface area contributed by atoms with Crippen molar-refractivity contribution in [2.24, 2.45) is 0 Å². The van der Waals surface area contributed by atoms with Gasteiger partial charge in [0.05, 0.1) is 17.2 Å². The second-order valence-electron chi connectivity index (χ2n) is 8.97. The van der Waals surface area contributed by atoms with Crippen LogP contribution in [0.2, 0.25) is 10.0 Å². The van der Waals surface area contributed by atoms with Gasteiger partial charge in [0.15, 0.2) is 11.5 Å². The Labute approximate surface area is 244 Å². The van der Waals surface area contributed by atoms with Gasteiger partial charge in [-0.05, 0) is 71.7 Å². The van der Waals surface area contributed by atoms with Gasteiger partial charge in [-0.3, -0.25) is 4.79 Å². The van der Waals surface area contributed by atoms with Crippen molar-refractivity contribution in [2.45, 2.75) is 26.5 Å². The summed E-state index contributed by atoms with van der Waals surface area (Å²) < 4.78 is 14.1. The smallest absolute Gasteiger partial charge is 0.255 e. The molecule has 0 aliphatic carbocycles. The molecular formula is C28H24BrCl2N5O3. The number of rotatable bonds is 7. The lowest BCUT2D eigenvalue weighted by molar-refractivity contribution is -0.113. The number of nitrogens with one attached hydrogen (secondary N) is 2. The number of aryl methyl sites for hydroxylation is 1. The number of amides is 1. The Bertz CT molecular complexity index is 1590.